The van der Waals surface area contributed by atoms with Crippen molar-refractivity contribution in [1.29, 1.82) is 0 Å². The van der Waals surface area contributed by atoms with Gasteiger partial charge in [0.15, 0.2) is 0 Å². The molecule has 24 heavy (non-hydrogen) atoms. The van der Waals surface area contributed by atoms with E-state index in [1.54, 1.807) is 11.3 Å². The van der Waals surface area contributed by atoms with Crippen LogP contribution in [-0.4, -0.2) is 10.7 Å². The summed E-state index contributed by atoms with van der Waals surface area (Å²) >= 11 is 7.47. The Morgan fingerprint density at radius 2 is 1.88 bits per heavy atom. The molecule has 0 atom stereocenters. The van der Waals surface area contributed by atoms with E-state index >= 15 is 0 Å². The van der Waals surface area contributed by atoms with Crippen LogP contribution in [0.1, 0.15) is 18.9 Å². The summed E-state index contributed by atoms with van der Waals surface area (Å²) in [6, 6.07) is 18.0. The van der Waals surface area contributed by atoms with E-state index < -0.39 is 0 Å². The zero-order chi connectivity index (χ0) is 16.8. The van der Waals surface area contributed by atoms with Crippen LogP contribution < -0.4 is 5.43 Å². The Kier molecular flexibility index (Phi) is 5.62. The highest BCUT2D eigenvalue weighted by atomic mass is 35.5. The van der Waals surface area contributed by atoms with Gasteiger partial charge in [-0.05, 0) is 24.1 Å². The molecule has 122 valence electrons. The minimum atomic E-state index is 0.727. The Morgan fingerprint density at radius 3 is 2.58 bits per heavy atom. The van der Waals surface area contributed by atoms with E-state index in [-0.39, 0.29) is 0 Å². The smallest absolute Gasteiger partial charge is 0.203 e. The fourth-order valence-electron chi connectivity index (χ4n) is 2.28. The van der Waals surface area contributed by atoms with Gasteiger partial charge in [-0.3, -0.25) is 5.43 Å². The molecule has 0 bridgehead atoms. The molecule has 0 fully saturated rings. The van der Waals surface area contributed by atoms with Gasteiger partial charge in [-0.25, -0.2) is 4.98 Å². The summed E-state index contributed by atoms with van der Waals surface area (Å²) in [5.74, 6) is 0. The highest BCUT2D eigenvalue weighted by Crippen LogP contribution is 2.26. The lowest BCUT2D eigenvalue weighted by molar-refractivity contribution is 1.14. The van der Waals surface area contributed by atoms with Gasteiger partial charge >= 0.3 is 0 Å². The van der Waals surface area contributed by atoms with E-state index in [4.69, 9.17) is 11.6 Å². The second kappa shape index (κ2) is 8.08. The number of hydrogen-bond acceptors (Lipinski definition) is 4. The fourth-order valence-corrected chi connectivity index (χ4v) is 3.07. The molecule has 0 aliphatic carbocycles. The number of hydrazone groups is 1. The molecular weight excluding hydrogens is 338 g/mol. The van der Waals surface area contributed by atoms with Crippen LogP contribution in [0.5, 0.6) is 0 Å². The van der Waals surface area contributed by atoms with Gasteiger partial charge in [0.2, 0.25) is 5.13 Å². The number of benzene rings is 2. The Morgan fingerprint density at radius 1 is 1.12 bits per heavy atom. The van der Waals surface area contributed by atoms with Crippen molar-refractivity contribution in [3.05, 3.63) is 70.6 Å². The number of rotatable bonds is 6. The highest BCUT2D eigenvalue weighted by molar-refractivity contribution is 7.14. The van der Waals surface area contributed by atoms with Crippen molar-refractivity contribution >= 4 is 33.8 Å². The first-order valence-corrected chi connectivity index (χ1v) is 9.07. The molecule has 0 aliphatic heterocycles. The van der Waals surface area contributed by atoms with E-state index in [2.05, 4.69) is 46.7 Å². The van der Waals surface area contributed by atoms with E-state index in [1.807, 2.05) is 35.7 Å². The Labute approximate surface area is 151 Å². The van der Waals surface area contributed by atoms with Crippen LogP contribution in [0.3, 0.4) is 0 Å². The zero-order valence-electron chi connectivity index (χ0n) is 13.4. The van der Waals surface area contributed by atoms with E-state index in [0.29, 0.717) is 0 Å². The maximum atomic E-state index is 5.92. The Balaban J connectivity index is 1.68. The molecule has 0 radical (unpaired) electrons. The second-order valence-corrected chi connectivity index (χ2v) is 6.65. The fraction of sp³-hybridized carbons (Fsp3) is 0.158. The molecule has 0 aliphatic rings. The average Bonchev–Trinajstić information content (AvgIpc) is 3.09. The van der Waals surface area contributed by atoms with Gasteiger partial charge in [0.25, 0.3) is 0 Å². The van der Waals surface area contributed by atoms with Gasteiger partial charge in [0.1, 0.15) is 0 Å². The quantitative estimate of drug-likeness (QED) is 0.442. The van der Waals surface area contributed by atoms with Crippen molar-refractivity contribution < 1.29 is 0 Å². The number of thiazole rings is 1. The van der Waals surface area contributed by atoms with Crippen molar-refractivity contribution in [1.82, 2.24) is 4.98 Å². The molecule has 0 saturated heterocycles. The summed E-state index contributed by atoms with van der Waals surface area (Å²) < 4.78 is 0. The maximum absolute atomic E-state index is 5.92. The molecule has 5 heteroatoms. The molecule has 3 rings (SSSR count). The number of aromatic nitrogens is 1. The van der Waals surface area contributed by atoms with Gasteiger partial charge in [-0.15, -0.1) is 11.3 Å². The Bertz CT molecular complexity index is 810. The first-order chi connectivity index (χ1) is 11.7. The molecule has 2 aromatic carbocycles. The van der Waals surface area contributed by atoms with E-state index in [9.17, 15) is 0 Å². The van der Waals surface area contributed by atoms with Crippen molar-refractivity contribution in [3.63, 3.8) is 0 Å². The molecule has 0 amide bonds. The van der Waals surface area contributed by atoms with Gasteiger partial charge in [-0.2, -0.15) is 5.10 Å². The largest absolute Gasteiger partial charge is 0.253 e. The van der Waals surface area contributed by atoms with Crippen LogP contribution in [0.25, 0.3) is 11.3 Å². The highest BCUT2D eigenvalue weighted by Gasteiger charge is 2.05. The maximum Gasteiger partial charge on any atom is 0.203 e. The lowest BCUT2D eigenvalue weighted by Crippen LogP contribution is -2.05. The van der Waals surface area contributed by atoms with Crippen molar-refractivity contribution in [3.8, 4) is 11.3 Å². The lowest BCUT2D eigenvalue weighted by atomic mass is 10.1. The van der Waals surface area contributed by atoms with Crippen LogP contribution in [0.4, 0.5) is 5.13 Å². The summed E-state index contributed by atoms with van der Waals surface area (Å²) in [4.78, 5) is 4.58. The second-order valence-electron chi connectivity index (χ2n) is 5.35. The summed E-state index contributed by atoms with van der Waals surface area (Å²) in [5, 5.41) is 8.06. The summed E-state index contributed by atoms with van der Waals surface area (Å²) in [6.07, 6.45) is 1.75. The SMILES string of the molecule is CCC(Cc1ccccc1)=NNc1nc(-c2ccc(Cl)cc2)cs1. The van der Waals surface area contributed by atoms with Crippen molar-refractivity contribution in [2.24, 2.45) is 5.10 Å². The van der Waals surface area contributed by atoms with Crippen molar-refractivity contribution in [2.45, 2.75) is 19.8 Å². The number of anilines is 1. The van der Waals surface area contributed by atoms with Gasteiger partial charge in [-0.1, -0.05) is 61.0 Å². The third-order valence-corrected chi connectivity index (χ3v) is 4.61. The summed E-state index contributed by atoms with van der Waals surface area (Å²) in [5.41, 5.74) is 7.43. The predicted octanol–water partition coefficient (Wildman–Crippen LogP) is 5.88. The molecule has 1 aromatic heterocycles. The monoisotopic (exact) mass is 355 g/mol. The molecule has 1 heterocycles. The average molecular weight is 356 g/mol. The molecule has 1 N–H and O–H groups in total. The molecule has 3 nitrogen and oxygen atoms in total. The number of nitrogens with one attached hydrogen (secondary N) is 1. The minimum absolute atomic E-state index is 0.727. The third-order valence-electron chi connectivity index (χ3n) is 3.61. The zero-order valence-corrected chi connectivity index (χ0v) is 14.9. The molecule has 0 unspecified atom stereocenters. The summed E-state index contributed by atoms with van der Waals surface area (Å²) in [7, 11) is 0. The standard InChI is InChI=1S/C19H18ClN3S/c1-2-17(12-14-6-4-3-5-7-14)22-23-19-21-18(13-24-19)15-8-10-16(20)11-9-15/h3-11,13H,2,12H2,1H3,(H,21,23). The minimum Gasteiger partial charge on any atom is -0.253 e. The summed E-state index contributed by atoms with van der Waals surface area (Å²) in [6.45, 7) is 2.12. The van der Waals surface area contributed by atoms with Crippen LogP contribution >= 0.6 is 22.9 Å². The third kappa shape index (κ3) is 4.43. The van der Waals surface area contributed by atoms with E-state index in [0.717, 1.165) is 40.0 Å². The number of hydrogen-bond donors (Lipinski definition) is 1. The number of halogens is 1. The normalized spacial score (nSPS) is 11.5. The van der Waals surface area contributed by atoms with Crippen LogP contribution in [-0.2, 0) is 6.42 Å². The lowest BCUT2D eigenvalue weighted by Gasteiger charge is -2.04. The van der Waals surface area contributed by atoms with Crippen LogP contribution in [0, 0.1) is 0 Å². The predicted molar refractivity (Wildman–Crippen MR) is 104 cm³/mol. The molecule has 3 aromatic rings. The molecular formula is C19H18ClN3S. The van der Waals surface area contributed by atoms with Crippen LogP contribution in [0.2, 0.25) is 5.02 Å². The first kappa shape index (κ1) is 16.7. The molecule has 0 spiro atoms. The number of nitrogens with zero attached hydrogens (tertiary/aromatic N) is 2. The topological polar surface area (TPSA) is 37.3 Å². The first-order valence-electron chi connectivity index (χ1n) is 7.81. The Hall–Kier alpha value is -2.17. The molecule has 0 saturated carbocycles. The van der Waals surface area contributed by atoms with Gasteiger partial charge in [0.05, 0.1) is 5.69 Å². The van der Waals surface area contributed by atoms with Crippen molar-refractivity contribution in [2.75, 3.05) is 5.43 Å². The van der Waals surface area contributed by atoms with Gasteiger partial charge < -0.3 is 0 Å². The van der Waals surface area contributed by atoms with Gasteiger partial charge in [0, 0.05) is 28.1 Å². The van der Waals surface area contributed by atoms with Crippen LogP contribution in [0.15, 0.2) is 65.1 Å². The van der Waals surface area contributed by atoms with E-state index in [1.165, 1.54) is 5.56 Å².